The second kappa shape index (κ2) is 7.24. The molecule has 1 amide bonds. The van der Waals surface area contributed by atoms with Gasteiger partial charge < -0.3 is 15.8 Å². The first-order valence-corrected chi connectivity index (χ1v) is 6.41. The number of halogens is 1. The van der Waals surface area contributed by atoms with Crippen LogP contribution in [0.25, 0.3) is 0 Å². The molecule has 1 atom stereocenters. The topological polar surface area (TPSA) is 64.3 Å². The summed E-state index contributed by atoms with van der Waals surface area (Å²) in [4.78, 5) is 11.1. The zero-order chi connectivity index (χ0) is 13.5. The van der Waals surface area contributed by atoms with Crippen LogP contribution in [-0.2, 0) is 11.3 Å². The van der Waals surface area contributed by atoms with Gasteiger partial charge in [-0.2, -0.15) is 0 Å². The van der Waals surface area contributed by atoms with Gasteiger partial charge in [0, 0.05) is 6.54 Å². The monoisotopic (exact) mass is 270 g/mol. The Kier molecular flexibility index (Phi) is 5.95. The quantitative estimate of drug-likeness (QED) is 0.797. The molecular weight excluding hydrogens is 252 g/mol. The zero-order valence-electron chi connectivity index (χ0n) is 10.7. The van der Waals surface area contributed by atoms with Crippen molar-refractivity contribution in [3.63, 3.8) is 0 Å². The molecule has 0 radical (unpaired) electrons. The Morgan fingerprint density at radius 2 is 2.22 bits per heavy atom. The zero-order valence-corrected chi connectivity index (χ0v) is 11.5. The first-order valence-electron chi connectivity index (χ1n) is 6.03. The Morgan fingerprint density at radius 1 is 1.50 bits per heavy atom. The number of rotatable bonds is 7. The summed E-state index contributed by atoms with van der Waals surface area (Å²) in [7, 11) is 0. The molecule has 1 rings (SSSR count). The van der Waals surface area contributed by atoms with Gasteiger partial charge >= 0.3 is 0 Å². The van der Waals surface area contributed by atoms with Crippen LogP contribution in [0.15, 0.2) is 18.2 Å². The molecule has 1 aromatic carbocycles. The summed E-state index contributed by atoms with van der Waals surface area (Å²) in [6, 6.07) is 5.51. The molecule has 5 heteroatoms. The number of carbonyl (C=O) groups excluding carboxylic acids is 1. The van der Waals surface area contributed by atoms with Crippen LogP contribution in [-0.4, -0.2) is 18.6 Å². The Morgan fingerprint density at radius 3 is 2.72 bits per heavy atom. The Bertz CT molecular complexity index is 410. The van der Waals surface area contributed by atoms with E-state index in [1.54, 1.807) is 6.07 Å². The maximum Gasteiger partial charge on any atom is 0.258 e. The largest absolute Gasteiger partial charge is 0.479 e. The first kappa shape index (κ1) is 14.8. The van der Waals surface area contributed by atoms with Gasteiger partial charge in [-0.05, 0) is 30.7 Å². The van der Waals surface area contributed by atoms with Gasteiger partial charge in [0.2, 0.25) is 0 Å². The van der Waals surface area contributed by atoms with Crippen LogP contribution >= 0.6 is 11.6 Å². The van der Waals surface area contributed by atoms with E-state index in [0.717, 1.165) is 18.7 Å². The molecule has 0 aromatic heterocycles. The van der Waals surface area contributed by atoms with Crippen molar-refractivity contribution in [1.29, 1.82) is 0 Å². The third kappa shape index (κ3) is 4.20. The van der Waals surface area contributed by atoms with E-state index in [0.29, 0.717) is 17.2 Å². The third-order valence-corrected chi connectivity index (χ3v) is 2.83. The fourth-order valence-electron chi connectivity index (χ4n) is 1.52. The minimum absolute atomic E-state index is 0.481. The predicted octanol–water partition coefficient (Wildman–Crippen LogP) is 2.09. The van der Waals surface area contributed by atoms with Crippen molar-refractivity contribution < 1.29 is 9.53 Å². The molecule has 3 N–H and O–H groups in total. The summed E-state index contributed by atoms with van der Waals surface area (Å²) in [5.74, 6) is 0.00728. The number of nitrogens with one attached hydrogen (secondary N) is 1. The van der Waals surface area contributed by atoms with E-state index < -0.39 is 12.0 Å². The van der Waals surface area contributed by atoms with Crippen LogP contribution in [0.1, 0.15) is 25.8 Å². The van der Waals surface area contributed by atoms with Crippen molar-refractivity contribution in [1.82, 2.24) is 5.32 Å². The van der Waals surface area contributed by atoms with E-state index in [-0.39, 0.29) is 0 Å². The van der Waals surface area contributed by atoms with Gasteiger partial charge in [-0.3, -0.25) is 4.79 Å². The van der Waals surface area contributed by atoms with Gasteiger partial charge in [-0.25, -0.2) is 0 Å². The second-order valence-electron chi connectivity index (χ2n) is 3.96. The molecule has 0 saturated carbocycles. The summed E-state index contributed by atoms with van der Waals surface area (Å²) in [6.45, 7) is 5.53. The lowest BCUT2D eigenvalue weighted by molar-refractivity contribution is -0.124. The average molecular weight is 271 g/mol. The predicted molar refractivity (Wildman–Crippen MR) is 72.7 cm³/mol. The van der Waals surface area contributed by atoms with Crippen molar-refractivity contribution in [2.24, 2.45) is 5.73 Å². The van der Waals surface area contributed by atoms with Crippen molar-refractivity contribution >= 4 is 17.5 Å². The highest BCUT2D eigenvalue weighted by Gasteiger charge is 2.16. The molecule has 0 spiro atoms. The minimum Gasteiger partial charge on any atom is -0.479 e. The lowest BCUT2D eigenvalue weighted by atomic mass is 10.2. The first-order chi connectivity index (χ1) is 8.58. The molecule has 1 aromatic rings. The highest BCUT2D eigenvalue weighted by Crippen LogP contribution is 2.26. The molecule has 0 heterocycles. The highest BCUT2D eigenvalue weighted by atomic mass is 35.5. The number of primary amides is 1. The fraction of sp³-hybridized carbons (Fsp3) is 0.462. The number of hydrogen-bond donors (Lipinski definition) is 2. The van der Waals surface area contributed by atoms with Crippen molar-refractivity contribution in [2.75, 3.05) is 6.54 Å². The minimum atomic E-state index is -0.637. The summed E-state index contributed by atoms with van der Waals surface area (Å²) in [5.41, 5.74) is 6.29. The SMILES string of the molecule is CCNCc1ccc(OC(CC)C(N)=O)c(Cl)c1. The summed E-state index contributed by atoms with van der Waals surface area (Å²) in [6.07, 6.45) is -0.118. The maximum absolute atomic E-state index is 11.1. The number of hydrogen-bond acceptors (Lipinski definition) is 3. The molecule has 0 fully saturated rings. The molecule has 0 aliphatic carbocycles. The number of carbonyl (C=O) groups is 1. The van der Waals surface area contributed by atoms with E-state index in [9.17, 15) is 4.79 Å². The number of benzene rings is 1. The van der Waals surface area contributed by atoms with E-state index in [2.05, 4.69) is 5.32 Å². The van der Waals surface area contributed by atoms with Gasteiger partial charge in [-0.15, -0.1) is 0 Å². The second-order valence-corrected chi connectivity index (χ2v) is 4.37. The molecule has 0 aliphatic rings. The van der Waals surface area contributed by atoms with Gasteiger partial charge in [0.15, 0.2) is 6.10 Å². The number of ether oxygens (including phenoxy) is 1. The Labute approximate surface area is 112 Å². The molecular formula is C13H19ClN2O2. The van der Waals surface area contributed by atoms with Gasteiger partial charge in [0.25, 0.3) is 5.91 Å². The van der Waals surface area contributed by atoms with Crippen molar-refractivity contribution in [3.05, 3.63) is 28.8 Å². The Hall–Kier alpha value is -1.26. The molecule has 100 valence electrons. The van der Waals surface area contributed by atoms with Gasteiger partial charge in [0.1, 0.15) is 5.75 Å². The number of nitrogens with two attached hydrogens (primary N) is 1. The average Bonchev–Trinajstić information content (AvgIpc) is 2.34. The molecule has 4 nitrogen and oxygen atoms in total. The normalized spacial score (nSPS) is 12.2. The van der Waals surface area contributed by atoms with Crippen molar-refractivity contribution in [3.8, 4) is 5.75 Å². The van der Waals surface area contributed by atoms with E-state index in [4.69, 9.17) is 22.1 Å². The molecule has 0 bridgehead atoms. The van der Waals surface area contributed by atoms with Crippen LogP contribution in [0.3, 0.4) is 0 Å². The van der Waals surface area contributed by atoms with E-state index in [1.807, 2.05) is 26.0 Å². The summed E-state index contributed by atoms with van der Waals surface area (Å²) >= 11 is 6.11. The van der Waals surface area contributed by atoms with E-state index >= 15 is 0 Å². The maximum atomic E-state index is 11.1. The molecule has 1 unspecified atom stereocenters. The third-order valence-electron chi connectivity index (χ3n) is 2.53. The highest BCUT2D eigenvalue weighted by molar-refractivity contribution is 6.32. The van der Waals surface area contributed by atoms with E-state index in [1.165, 1.54) is 0 Å². The van der Waals surface area contributed by atoms with Gasteiger partial charge in [-0.1, -0.05) is 31.5 Å². The molecule has 0 saturated heterocycles. The number of amides is 1. The van der Waals surface area contributed by atoms with Crippen molar-refractivity contribution in [2.45, 2.75) is 32.9 Å². The van der Waals surface area contributed by atoms with Crippen LogP contribution in [0.5, 0.6) is 5.75 Å². The lowest BCUT2D eigenvalue weighted by Gasteiger charge is -2.15. The van der Waals surface area contributed by atoms with Crippen LogP contribution in [0, 0.1) is 0 Å². The standard InChI is InChI=1S/C13H19ClN2O2/c1-3-11(13(15)17)18-12-6-5-9(7-10(12)14)8-16-4-2/h5-7,11,16H,3-4,8H2,1-2H3,(H2,15,17). The van der Waals surface area contributed by atoms with Gasteiger partial charge in [0.05, 0.1) is 5.02 Å². The summed E-state index contributed by atoms with van der Waals surface area (Å²) in [5, 5.41) is 3.70. The Balaban J connectivity index is 2.75. The van der Waals surface area contributed by atoms with Crippen LogP contribution < -0.4 is 15.8 Å². The van der Waals surface area contributed by atoms with Crippen LogP contribution in [0.2, 0.25) is 5.02 Å². The summed E-state index contributed by atoms with van der Waals surface area (Å²) < 4.78 is 5.49. The smallest absolute Gasteiger partial charge is 0.258 e. The fourth-order valence-corrected chi connectivity index (χ4v) is 1.76. The van der Waals surface area contributed by atoms with Crippen LogP contribution in [0.4, 0.5) is 0 Å². The molecule has 18 heavy (non-hydrogen) atoms. The lowest BCUT2D eigenvalue weighted by Crippen LogP contribution is -2.33. The molecule has 0 aliphatic heterocycles.